The molecule has 0 amide bonds. The molecule has 18 heavy (non-hydrogen) atoms. The van der Waals surface area contributed by atoms with E-state index >= 15 is 4.39 Å². The normalized spacial score (nSPS) is 23.3. The molecular weight excluding hydrogens is 227 g/mol. The zero-order chi connectivity index (χ0) is 13.4. The molecule has 2 N–H and O–H groups in total. The number of nitrogens with two attached hydrogens (primary N) is 1. The number of pyridine rings is 1. The number of hydrogen-bond acceptors (Lipinski definition) is 2. The van der Waals surface area contributed by atoms with Crippen molar-refractivity contribution in [3.8, 4) is 0 Å². The van der Waals surface area contributed by atoms with Gasteiger partial charge in [0.1, 0.15) is 5.67 Å². The van der Waals surface area contributed by atoms with E-state index in [4.69, 9.17) is 5.73 Å². The van der Waals surface area contributed by atoms with Crippen molar-refractivity contribution in [1.29, 1.82) is 0 Å². The van der Waals surface area contributed by atoms with Crippen molar-refractivity contribution in [2.24, 2.45) is 11.1 Å². The summed E-state index contributed by atoms with van der Waals surface area (Å²) in [5, 5.41) is 0. The molecule has 2 unspecified atom stereocenters. The molecule has 0 aliphatic heterocycles. The van der Waals surface area contributed by atoms with Gasteiger partial charge in [-0.1, -0.05) is 26.8 Å². The van der Waals surface area contributed by atoms with Crippen LogP contribution in [0.2, 0.25) is 0 Å². The molecule has 2 atom stereocenters. The maximum atomic E-state index is 15.4. The third kappa shape index (κ3) is 2.05. The van der Waals surface area contributed by atoms with Crippen LogP contribution < -0.4 is 5.73 Å². The van der Waals surface area contributed by atoms with E-state index in [1.807, 2.05) is 26.8 Å². The Bertz CT molecular complexity index is 425. The molecular formula is C15H23FN2. The summed E-state index contributed by atoms with van der Waals surface area (Å²) in [6.45, 7) is 5.84. The smallest absolute Gasteiger partial charge is 0.136 e. The fraction of sp³-hybridized carbons (Fsp3) is 0.667. The Labute approximate surface area is 109 Å². The largest absolute Gasteiger partial charge is 0.327 e. The second-order valence-corrected chi connectivity index (χ2v) is 6.31. The van der Waals surface area contributed by atoms with Crippen LogP contribution >= 0.6 is 0 Å². The van der Waals surface area contributed by atoms with E-state index in [0.29, 0.717) is 0 Å². The average molecular weight is 250 g/mol. The summed E-state index contributed by atoms with van der Waals surface area (Å²) >= 11 is 0. The molecule has 1 heterocycles. The van der Waals surface area contributed by atoms with Crippen LogP contribution in [0.15, 0.2) is 18.3 Å². The summed E-state index contributed by atoms with van der Waals surface area (Å²) in [5.74, 6) is -0.174. The Balaban J connectivity index is 2.46. The number of aromatic nitrogens is 1. The van der Waals surface area contributed by atoms with Crippen molar-refractivity contribution in [3.63, 3.8) is 0 Å². The highest BCUT2D eigenvalue weighted by molar-refractivity contribution is 5.29. The lowest BCUT2D eigenvalue weighted by molar-refractivity contribution is 0.00300. The van der Waals surface area contributed by atoms with Crippen LogP contribution in [0.1, 0.15) is 50.8 Å². The molecule has 2 nitrogen and oxygen atoms in total. The van der Waals surface area contributed by atoms with Crippen LogP contribution in [0.25, 0.3) is 0 Å². The lowest BCUT2D eigenvalue weighted by atomic mass is 9.65. The van der Waals surface area contributed by atoms with Gasteiger partial charge in [-0.2, -0.15) is 0 Å². The van der Waals surface area contributed by atoms with Gasteiger partial charge in [0.25, 0.3) is 0 Å². The first-order valence-corrected chi connectivity index (χ1v) is 6.73. The molecule has 1 aromatic rings. The number of halogens is 1. The molecule has 0 spiro atoms. The second kappa shape index (κ2) is 4.61. The highest BCUT2D eigenvalue weighted by atomic mass is 19.1. The molecule has 0 fully saturated rings. The monoisotopic (exact) mass is 250 g/mol. The maximum absolute atomic E-state index is 15.4. The maximum Gasteiger partial charge on any atom is 0.136 e. The predicted molar refractivity (Wildman–Crippen MR) is 72.3 cm³/mol. The van der Waals surface area contributed by atoms with Gasteiger partial charge in [-0.15, -0.1) is 0 Å². The lowest BCUT2D eigenvalue weighted by Crippen LogP contribution is -2.51. The van der Waals surface area contributed by atoms with Crippen molar-refractivity contribution in [2.45, 2.75) is 51.6 Å². The summed E-state index contributed by atoms with van der Waals surface area (Å²) in [4.78, 5) is 4.43. The summed E-state index contributed by atoms with van der Waals surface area (Å²) in [6, 6.07) is 3.99. The van der Waals surface area contributed by atoms with Gasteiger partial charge in [-0.25, -0.2) is 4.39 Å². The second-order valence-electron chi connectivity index (χ2n) is 6.31. The quantitative estimate of drug-likeness (QED) is 0.875. The van der Waals surface area contributed by atoms with Gasteiger partial charge in [0.05, 0.1) is 0 Å². The minimum absolute atomic E-state index is 0.0528. The molecule has 2 rings (SSSR count). The molecule has 1 aliphatic carbocycles. The van der Waals surface area contributed by atoms with Crippen molar-refractivity contribution >= 4 is 0 Å². The Hall–Kier alpha value is -0.960. The van der Waals surface area contributed by atoms with Crippen molar-refractivity contribution < 1.29 is 4.39 Å². The summed E-state index contributed by atoms with van der Waals surface area (Å²) in [5.41, 5.74) is 6.02. The van der Waals surface area contributed by atoms with Crippen molar-refractivity contribution in [3.05, 3.63) is 29.6 Å². The number of alkyl halides is 1. The number of aryl methyl sites for hydroxylation is 1. The van der Waals surface area contributed by atoms with Gasteiger partial charge in [0, 0.05) is 24.4 Å². The average Bonchev–Trinajstić information content (AvgIpc) is 2.35. The standard InChI is InChI=1S/C15H23FN2/c1-14(2,3)15(16,10-17)12-8-4-6-11-7-5-9-18-13(11)12/h5,7,9,12H,4,6,8,10,17H2,1-3H3. The summed E-state index contributed by atoms with van der Waals surface area (Å²) in [7, 11) is 0. The number of hydrogen-bond donors (Lipinski definition) is 1. The molecule has 0 aromatic carbocycles. The Kier molecular flexibility index (Phi) is 3.45. The third-order valence-corrected chi connectivity index (χ3v) is 4.29. The van der Waals surface area contributed by atoms with Crippen molar-refractivity contribution in [2.75, 3.05) is 6.54 Å². The zero-order valence-electron chi connectivity index (χ0n) is 11.5. The van der Waals surface area contributed by atoms with E-state index in [-0.39, 0.29) is 12.5 Å². The Morgan fingerprint density at radius 1 is 1.44 bits per heavy atom. The predicted octanol–water partition coefficient (Wildman–Crippen LogP) is 3.21. The molecule has 0 saturated carbocycles. The summed E-state index contributed by atoms with van der Waals surface area (Å²) in [6.07, 6.45) is 4.63. The van der Waals surface area contributed by atoms with Gasteiger partial charge in [-0.05, 0) is 36.3 Å². The van der Waals surface area contributed by atoms with Gasteiger partial charge < -0.3 is 5.73 Å². The van der Waals surface area contributed by atoms with Crippen LogP contribution in [-0.4, -0.2) is 17.2 Å². The number of rotatable bonds is 2. The minimum atomic E-state index is -1.39. The molecule has 0 bridgehead atoms. The van der Waals surface area contributed by atoms with E-state index in [1.165, 1.54) is 5.56 Å². The highest BCUT2D eigenvalue weighted by Gasteiger charge is 2.50. The van der Waals surface area contributed by atoms with Crippen LogP contribution in [0.3, 0.4) is 0 Å². The molecule has 1 aromatic heterocycles. The fourth-order valence-corrected chi connectivity index (χ4v) is 3.03. The van der Waals surface area contributed by atoms with E-state index < -0.39 is 11.1 Å². The Morgan fingerprint density at radius 2 is 2.17 bits per heavy atom. The van der Waals surface area contributed by atoms with E-state index in [9.17, 15) is 0 Å². The minimum Gasteiger partial charge on any atom is -0.327 e. The fourth-order valence-electron chi connectivity index (χ4n) is 3.03. The van der Waals surface area contributed by atoms with Crippen LogP contribution in [0.4, 0.5) is 4.39 Å². The zero-order valence-corrected chi connectivity index (χ0v) is 11.5. The summed E-state index contributed by atoms with van der Waals surface area (Å²) < 4.78 is 15.4. The van der Waals surface area contributed by atoms with Gasteiger partial charge >= 0.3 is 0 Å². The number of nitrogens with zero attached hydrogens (tertiary/aromatic N) is 1. The lowest BCUT2D eigenvalue weighted by Gasteiger charge is -2.44. The van der Waals surface area contributed by atoms with E-state index in [2.05, 4.69) is 11.1 Å². The molecule has 100 valence electrons. The molecule has 3 heteroatoms. The highest BCUT2D eigenvalue weighted by Crippen LogP contribution is 2.48. The molecule has 1 aliphatic rings. The van der Waals surface area contributed by atoms with Crippen LogP contribution in [0, 0.1) is 5.41 Å². The van der Waals surface area contributed by atoms with Crippen LogP contribution in [0.5, 0.6) is 0 Å². The third-order valence-electron chi connectivity index (χ3n) is 4.29. The van der Waals surface area contributed by atoms with E-state index in [0.717, 1.165) is 25.0 Å². The first-order valence-electron chi connectivity index (χ1n) is 6.73. The number of fused-ring (bicyclic) bond motifs is 1. The molecule has 0 radical (unpaired) electrons. The molecule has 0 saturated heterocycles. The topological polar surface area (TPSA) is 38.9 Å². The van der Waals surface area contributed by atoms with Gasteiger partial charge in [0.15, 0.2) is 0 Å². The van der Waals surface area contributed by atoms with E-state index in [1.54, 1.807) is 6.20 Å². The first-order chi connectivity index (χ1) is 8.40. The van der Waals surface area contributed by atoms with Gasteiger partial charge in [0.2, 0.25) is 0 Å². The first kappa shape index (κ1) is 13.5. The SMILES string of the molecule is CC(C)(C)C(F)(CN)C1CCCc2cccnc21. The van der Waals surface area contributed by atoms with Gasteiger partial charge in [-0.3, -0.25) is 4.98 Å². The van der Waals surface area contributed by atoms with Crippen LogP contribution in [-0.2, 0) is 6.42 Å². The van der Waals surface area contributed by atoms with Crippen molar-refractivity contribution in [1.82, 2.24) is 4.98 Å². The Morgan fingerprint density at radius 3 is 2.78 bits per heavy atom.